The molecule has 30 heavy (non-hydrogen) atoms. The second-order valence-corrected chi connectivity index (χ2v) is 7.77. The Labute approximate surface area is 179 Å². The SMILES string of the molecule is CCOc1ccccc1CNC(=O)c1ccc(Cc2c(C)c(C)c(C)c(C)c2C)o1. The molecule has 1 amide bonds. The van der Waals surface area contributed by atoms with Crippen LogP contribution >= 0.6 is 0 Å². The van der Waals surface area contributed by atoms with Gasteiger partial charge in [0.05, 0.1) is 6.61 Å². The van der Waals surface area contributed by atoms with Crippen molar-refractivity contribution in [3.05, 3.63) is 86.9 Å². The summed E-state index contributed by atoms with van der Waals surface area (Å²) in [6, 6.07) is 11.4. The van der Waals surface area contributed by atoms with E-state index in [9.17, 15) is 4.79 Å². The van der Waals surface area contributed by atoms with Crippen LogP contribution in [0.15, 0.2) is 40.8 Å². The second-order valence-electron chi connectivity index (χ2n) is 7.77. The average molecular weight is 406 g/mol. The zero-order valence-corrected chi connectivity index (χ0v) is 18.8. The lowest BCUT2D eigenvalue weighted by Gasteiger charge is -2.18. The number of carbonyl (C=O) groups is 1. The van der Waals surface area contributed by atoms with Crippen LogP contribution in [0.1, 0.15) is 62.2 Å². The summed E-state index contributed by atoms with van der Waals surface area (Å²) in [5.41, 5.74) is 8.81. The molecule has 0 bridgehead atoms. The summed E-state index contributed by atoms with van der Waals surface area (Å²) < 4.78 is 11.5. The smallest absolute Gasteiger partial charge is 0.287 e. The largest absolute Gasteiger partial charge is 0.494 e. The van der Waals surface area contributed by atoms with Crippen LogP contribution in [0.25, 0.3) is 0 Å². The summed E-state index contributed by atoms with van der Waals surface area (Å²) in [4.78, 5) is 12.6. The molecule has 0 aliphatic rings. The molecule has 3 aromatic rings. The molecular weight excluding hydrogens is 374 g/mol. The number of benzene rings is 2. The minimum absolute atomic E-state index is 0.225. The molecule has 4 heteroatoms. The first-order valence-electron chi connectivity index (χ1n) is 10.5. The van der Waals surface area contributed by atoms with Crippen molar-refractivity contribution in [3.8, 4) is 5.75 Å². The summed E-state index contributed by atoms with van der Waals surface area (Å²) in [5.74, 6) is 1.69. The maximum atomic E-state index is 12.6. The van der Waals surface area contributed by atoms with Gasteiger partial charge in [-0.15, -0.1) is 0 Å². The van der Waals surface area contributed by atoms with Crippen LogP contribution in [-0.4, -0.2) is 12.5 Å². The third kappa shape index (κ3) is 4.43. The van der Waals surface area contributed by atoms with Crippen molar-refractivity contribution in [1.29, 1.82) is 0 Å². The predicted octanol–water partition coefficient (Wildman–Crippen LogP) is 5.74. The highest BCUT2D eigenvalue weighted by molar-refractivity contribution is 5.91. The summed E-state index contributed by atoms with van der Waals surface area (Å²) in [7, 11) is 0. The number of para-hydroxylation sites is 1. The lowest BCUT2D eigenvalue weighted by Crippen LogP contribution is -2.22. The first-order chi connectivity index (χ1) is 14.3. The molecule has 1 N–H and O–H groups in total. The molecule has 0 spiro atoms. The van der Waals surface area contributed by atoms with E-state index in [-0.39, 0.29) is 5.91 Å². The topological polar surface area (TPSA) is 51.5 Å². The Morgan fingerprint density at radius 1 is 0.900 bits per heavy atom. The third-order valence-electron chi connectivity index (χ3n) is 6.10. The maximum absolute atomic E-state index is 12.6. The van der Waals surface area contributed by atoms with Gasteiger partial charge in [0.2, 0.25) is 0 Å². The van der Waals surface area contributed by atoms with E-state index in [0.717, 1.165) is 17.1 Å². The summed E-state index contributed by atoms with van der Waals surface area (Å²) in [5, 5.41) is 2.93. The van der Waals surface area contributed by atoms with E-state index < -0.39 is 0 Å². The molecular formula is C26H31NO3. The highest BCUT2D eigenvalue weighted by atomic mass is 16.5. The molecule has 0 atom stereocenters. The van der Waals surface area contributed by atoms with Crippen molar-refractivity contribution < 1.29 is 13.9 Å². The summed E-state index contributed by atoms with van der Waals surface area (Å²) >= 11 is 0. The van der Waals surface area contributed by atoms with Crippen LogP contribution in [0.5, 0.6) is 5.75 Å². The van der Waals surface area contributed by atoms with E-state index in [2.05, 4.69) is 39.9 Å². The molecule has 2 aromatic carbocycles. The molecule has 3 rings (SSSR count). The number of rotatable bonds is 7. The van der Waals surface area contributed by atoms with E-state index in [4.69, 9.17) is 9.15 Å². The van der Waals surface area contributed by atoms with Crippen molar-refractivity contribution in [2.45, 2.75) is 54.5 Å². The highest BCUT2D eigenvalue weighted by Crippen LogP contribution is 2.28. The lowest BCUT2D eigenvalue weighted by molar-refractivity contribution is 0.0921. The highest BCUT2D eigenvalue weighted by Gasteiger charge is 2.16. The predicted molar refractivity (Wildman–Crippen MR) is 120 cm³/mol. The number of hydrogen-bond donors (Lipinski definition) is 1. The molecule has 0 saturated carbocycles. The molecule has 1 heterocycles. The molecule has 0 radical (unpaired) electrons. The Morgan fingerprint density at radius 3 is 2.20 bits per heavy atom. The Hall–Kier alpha value is -3.01. The first-order valence-corrected chi connectivity index (χ1v) is 10.5. The number of furan rings is 1. The zero-order valence-electron chi connectivity index (χ0n) is 18.8. The fourth-order valence-corrected chi connectivity index (χ4v) is 3.82. The molecule has 0 aliphatic carbocycles. The van der Waals surface area contributed by atoms with Gasteiger partial charge in [0, 0.05) is 18.5 Å². The molecule has 1 aromatic heterocycles. The molecule has 0 unspecified atom stereocenters. The van der Waals surface area contributed by atoms with Crippen molar-refractivity contribution in [1.82, 2.24) is 5.32 Å². The van der Waals surface area contributed by atoms with Gasteiger partial charge < -0.3 is 14.5 Å². The van der Waals surface area contributed by atoms with E-state index in [1.165, 1.54) is 33.4 Å². The van der Waals surface area contributed by atoms with Crippen molar-refractivity contribution in [2.75, 3.05) is 6.61 Å². The van der Waals surface area contributed by atoms with Gasteiger partial charge in [-0.25, -0.2) is 0 Å². The van der Waals surface area contributed by atoms with Crippen LogP contribution in [0.3, 0.4) is 0 Å². The van der Waals surface area contributed by atoms with Crippen molar-refractivity contribution in [3.63, 3.8) is 0 Å². The van der Waals surface area contributed by atoms with Crippen LogP contribution in [0, 0.1) is 34.6 Å². The minimum Gasteiger partial charge on any atom is -0.494 e. The third-order valence-corrected chi connectivity index (χ3v) is 6.10. The number of hydrogen-bond acceptors (Lipinski definition) is 3. The van der Waals surface area contributed by atoms with E-state index >= 15 is 0 Å². The monoisotopic (exact) mass is 405 g/mol. The van der Waals surface area contributed by atoms with E-state index in [1.54, 1.807) is 6.07 Å². The molecule has 0 fully saturated rings. The standard InChI is InChI=1S/C26H31NO3/c1-7-29-24-11-9-8-10-21(24)15-27-26(28)25-13-12-22(30-25)14-23-19(5)17(3)16(2)18(4)20(23)6/h8-13H,7,14-15H2,1-6H3,(H,27,28). The Kier molecular flexibility index (Phi) is 6.66. The Balaban J connectivity index is 1.72. The molecule has 4 nitrogen and oxygen atoms in total. The zero-order chi connectivity index (χ0) is 21.8. The van der Waals surface area contributed by atoms with Crippen LogP contribution in [0.4, 0.5) is 0 Å². The summed E-state index contributed by atoms with van der Waals surface area (Å²) in [6.07, 6.45) is 0.681. The van der Waals surface area contributed by atoms with Gasteiger partial charge in [0.25, 0.3) is 5.91 Å². The molecule has 0 saturated heterocycles. The van der Waals surface area contributed by atoms with Gasteiger partial charge in [-0.1, -0.05) is 18.2 Å². The quantitative estimate of drug-likeness (QED) is 0.545. The Morgan fingerprint density at radius 2 is 1.53 bits per heavy atom. The number of carbonyl (C=O) groups excluding carboxylic acids is 1. The second kappa shape index (κ2) is 9.21. The van der Waals surface area contributed by atoms with Gasteiger partial charge in [0.1, 0.15) is 11.5 Å². The minimum atomic E-state index is -0.225. The average Bonchev–Trinajstić information content (AvgIpc) is 3.22. The first kappa shape index (κ1) is 21.7. The van der Waals surface area contributed by atoms with Gasteiger partial charge >= 0.3 is 0 Å². The van der Waals surface area contributed by atoms with Gasteiger partial charge in [-0.3, -0.25) is 4.79 Å². The molecule has 0 aliphatic heterocycles. The van der Waals surface area contributed by atoms with Crippen molar-refractivity contribution >= 4 is 5.91 Å². The maximum Gasteiger partial charge on any atom is 0.287 e. The van der Waals surface area contributed by atoms with Gasteiger partial charge in [-0.2, -0.15) is 0 Å². The fraction of sp³-hybridized carbons (Fsp3) is 0.346. The normalized spacial score (nSPS) is 10.9. The van der Waals surface area contributed by atoms with Gasteiger partial charge in [0.15, 0.2) is 5.76 Å². The van der Waals surface area contributed by atoms with Gasteiger partial charge in [-0.05, 0) is 93.1 Å². The lowest BCUT2D eigenvalue weighted by atomic mass is 9.88. The van der Waals surface area contributed by atoms with E-state index in [0.29, 0.717) is 25.3 Å². The molecule has 158 valence electrons. The van der Waals surface area contributed by atoms with Crippen LogP contribution in [-0.2, 0) is 13.0 Å². The number of ether oxygens (including phenoxy) is 1. The number of amides is 1. The number of nitrogens with one attached hydrogen (secondary N) is 1. The van der Waals surface area contributed by atoms with Crippen LogP contribution < -0.4 is 10.1 Å². The van der Waals surface area contributed by atoms with E-state index in [1.807, 2.05) is 37.3 Å². The van der Waals surface area contributed by atoms with Crippen LogP contribution in [0.2, 0.25) is 0 Å². The Bertz CT molecular complexity index is 1030. The van der Waals surface area contributed by atoms with Crippen molar-refractivity contribution in [2.24, 2.45) is 0 Å². The fourth-order valence-electron chi connectivity index (χ4n) is 3.82. The summed E-state index contributed by atoms with van der Waals surface area (Å²) in [6.45, 7) is 13.8.